The number of hydrogen-bond donors (Lipinski definition) is 2. The van der Waals surface area contributed by atoms with Crippen LogP contribution in [-0.2, 0) is 22.4 Å². The third-order valence-electron chi connectivity index (χ3n) is 7.81. The summed E-state index contributed by atoms with van der Waals surface area (Å²) in [5.74, 6) is -1.97. The Bertz CT molecular complexity index is 1660. The van der Waals surface area contributed by atoms with Crippen LogP contribution < -0.4 is 5.32 Å². The molecule has 8 heteroatoms. The highest BCUT2D eigenvalue weighted by atomic mass is 16.4. The first-order valence-electron chi connectivity index (χ1n) is 14.2. The zero-order chi connectivity index (χ0) is 30.5. The number of nitrogens with one attached hydrogen (secondary N) is 1. The number of aliphatic carboxylic acids is 1. The van der Waals surface area contributed by atoms with E-state index >= 15 is 0 Å². The third kappa shape index (κ3) is 6.86. The van der Waals surface area contributed by atoms with Gasteiger partial charge >= 0.3 is 5.97 Å². The van der Waals surface area contributed by atoms with Gasteiger partial charge in [-0.25, -0.2) is 14.8 Å². The number of aromatic nitrogens is 2. The van der Waals surface area contributed by atoms with Gasteiger partial charge in [0.15, 0.2) is 0 Å². The molecule has 2 N–H and O–H groups in total. The number of amides is 2. The van der Waals surface area contributed by atoms with Crippen LogP contribution in [0.2, 0.25) is 0 Å². The summed E-state index contributed by atoms with van der Waals surface area (Å²) < 4.78 is 0. The fraction of sp³-hybridized carbons (Fsp3) is 0.229. The highest BCUT2D eigenvalue weighted by molar-refractivity contribution is 5.98. The molecule has 0 radical (unpaired) electrons. The van der Waals surface area contributed by atoms with E-state index in [0.29, 0.717) is 5.56 Å². The summed E-state index contributed by atoms with van der Waals surface area (Å²) in [6, 6.07) is 19.0. The summed E-state index contributed by atoms with van der Waals surface area (Å²) in [4.78, 5) is 49.4. The molecule has 4 aromatic rings. The van der Waals surface area contributed by atoms with Crippen LogP contribution in [0.25, 0.3) is 16.7 Å². The lowest BCUT2D eigenvalue weighted by atomic mass is 9.98. The molecule has 0 fully saturated rings. The smallest absolute Gasteiger partial charge is 0.326 e. The van der Waals surface area contributed by atoms with Crippen LogP contribution in [0.15, 0.2) is 91.5 Å². The van der Waals surface area contributed by atoms with Gasteiger partial charge in [-0.3, -0.25) is 9.59 Å². The Kier molecular flexibility index (Phi) is 8.76. The van der Waals surface area contributed by atoms with Crippen LogP contribution in [0.5, 0.6) is 0 Å². The molecule has 0 unspecified atom stereocenters. The van der Waals surface area contributed by atoms with Gasteiger partial charge in [-0.05, 0) is 60.2 Å². The maximum absolute atomic E-state index is 13.9. The van der Waals surface area contributed by atoms with Gasteiger partial charge in [0.25, 0.3) is 5.91 Å². The van der Waals surface area contributed by atoms with Gasteiger partial charge in [-0.1, -0.05) is 71.8 Å². The number of hydrogen-bond acceptors (Lipinski definition) is 5. The van der Waals surface area contributed by atoms with Crippen LogP contribution in [0, 0.1) is 13.8 Å². The lowest BCUT2D eigenvalue weighted by Gasteiger charge is -2.29. The number of carboxylic acid groups (broad SMARTS) is 1. The molecular formula is C35H34N4O4. The molecule has 43 heavy (non-hydrogen) atoms. The maximum Gasteiger partial charge on any atom is 0.326 e. The van der Waals surface area contributed by atoms with E-state index < -0.39 is 24.0 Å². The summed E-state index contributed by atoms with van der Waals surface area (Å²) in [6.07, 6.45) is 8.00. The highest BCUT2D eigenvalue weighted by Gasteiger charge is 2.32. The average molecular weight is 575 g/mol. The van der Waals surface area contributed by atoms with Crippen molar-refractivity contribution in [2.24, 2.45) is 0 Å². The molecule has 8 nitrogen and oxygen atoms in total. The summed E-state index contributed by atoms with van der Waals surface area (Å²) in [7, 11) is 1.59. The van der Waals surface area contributed by atoms with Crippen molar-refractivity contribution in [3.05, 3.63) is 125 Å². The SMILES string of the molecule is Cc1cc(C)cc(C(=O)N(C)[C@H](Cc2ccc(-c3cncnc3)cc2)C(=O)N[C@@H](CC2=CCc3ccccc32)C(=O)O)c1. The summed E-state index contributed by atoms with van der Waals surface area (Å²) in [5, 5.41) is 12.8. The first kappa shape index (κ1) is 29.4. The van der Waals surface area contributed by atoms with Gasteiger partial charge in [0.2, 0.25) is 5.91 Å². The number of rotatable bonds is 10. The number of fused-ring (bicyclic) bond motifs is 1. The van der Waals surface area contributed by atoms with Gasteiger partial charge in [0.1, 0.15) is 18.4 Å². The molecule has 1 aromatic heterocycles. The van der Waals surface area contributed by atoms with Crippen LogP contribution in [-0.4, -0.2) is 56.9 Å². The Morgan fingerprint density at radius 3 is 2.26 bits per heavy atom. The Morgan fingerprint density at radius 1 is 0.907 bits per heavy atom. The molecule has 0 spiro atoms. The van der Waals surface area contributed by atoms with E-state index in [1.165, 1.54) is 11.2 Å². The normalized spacial score (nSPS) is 13.4. The van der Waals surface area contributed by atoms with Crippen molar-refractivity contribution in [2.45, 2.75) is 45.2 Å². The van der Waals surface area contributed by atoms with Crippen molar-refractivity contribution in [2.75, 3.05) is 7.05 Å². The monoisotopic (exact) mass is 574 g/mol. The molecule has 0 saturated carbocycles. The van der Waals surface area contributed by atoms with E-state index in [-0.39, 0.29) is 18.7 Å². The summed E-state index contributed by atoms with van der Waals surface area (Å²) >= 11 is 0. The van der Waals surface area contributed by atoms with Gasteiger partial charge in [-0.2, -0.15) is 0 Å². The standard InChI is InChI=1S/C35H34N4O4/c1-22-14-23(2)16-28(15-22)34(41)39(3)32(17-24-8-10-25(11-9-24)29-19-36-21-37-20-29)33(40)38-31(35(42)43)18-27-13-12-26-6-4-5-7-30(26)27/h4-11,13-16,19-21,31-32H,12,17-18H2,1-3H3,(H,38,40)(H,42,43)/t31-,32+/m0/s1. The minimum Gasteiger partial charge on any atom is -0.480 e. The van der Waals surface area contributed by atoms with Gasteiger partial charge in [0, 0.05) is 43.4 Å². The van der Waals surface area contributed by atoms with Gasteiger partial charge in [0.05, 0.1) is 0 Å². The molecule has 0 bridgehead atoms. The minimum atomic E-state index is -1.16. The Morgan fingerprint density at radius 2 is 1.58 bits per heavy atom. The molecule has 218 valence electrons. The Balaban J connectivity index is 1.40. The molecule has 2 atom stereocenters. The molecule has 2 amide bonds. The second kappa shape index (κ2) is 12.8. The van der Waals surface area contributed by atoms with Gasteiger partial charge in [-0.15, -0.1) is 0 Å². The average Bonchev–Trinajstić information content (AvgIpc) is 3.41. The quantitative estimate of drug-likeness (QED) is 0.274. The predicted molar refractivity (Wildman–Crippen MR) is 165 cm³/mol. The number of nitrogens with zero attached hydrogens (tertiary/aromatic N) is 3. The lowest BCUT2D eigenvalue weighted by Crippen LogP contribution is -2.53. The van der Waals surface area contributed by atoms with Crippen molar-refractivity contribution >= 4 is 23.4 Å². The minimum absolute atomic E-state index is 0.146. The molecular weight excluding hydrogens is 540 g/mol. The predicted octanol–water partition coefficient (Wildman–Crippen LogP) is 5.04. The first-order valence-corrected chi connectivity index (χ1v) is 14.2. The van der Waals surface area contributed by atoms with E-state index in [0.717, 1.165) is 50.9 Å². The number of allylic oxidation sites excluding steroid dienone is 1. The van der Waals surface area contributed by atoms with E-state index in [2.05, 4.69) is 15.3 Å². The zero-order valence-corrected chi connectivity index (χ0v) is 24.4. The van der Waals surface area contributed by atoms with E-state index in [1.54, 1.807) is 31.6 Å². The lowest BCUT2D eigenvalue weighted by molar-refractivity contribution is -0.142. The second-order valence-electron chi connectivity index (χ2n) is 11.0. The van der Waals surface area contributed by atoms with Crippen molar-refractivity contribution in [3.63, 3.8) is 0 Å². The van der Waals surface area contributed by atoms with Crippen LogP contribution in [0.3, 0.4) is 0 Å². The molecule has 0 aliphatic heterocycles. The van der Waals surface area contributed by atoms with Crippen LogP contribution >= 0.6 is 0 Å². The van der Waals surface area contributed by atoms with Crippen molar-refractivity contribution in [1.82, 2.24) is 20.2 Å². The Hall–Kier alpha value is -5.11. The van der Waals surface area contributed by atoms with Crippen LogP contribution in [0.1, 0.15) is 44.6 Å². The molecule has 3 aromatic carbocycles. The Labute approximate surface area is 251 Å². The zero-order valence-electron chi connectivity index (χ0n) is 24.4. The fourth-order valence-corrected chi connectivity index (χ4v) is 5.59. The summed E-state index contributed by atoms with van der Waals surface area (Å²) in [6.45, 7) is 3.83. The molecule has 0 saturated heterocycles. The molecule has 5 rings (SSSR count). The third-order valence-corrected chi connectivity index (χ3v) is 7.81. The van der Waals surface area contributed by atoms with E-state index in [1.807, 2.05) is 74.5 Å². The molecule has 1 heterocycles. The van der Waals surface area contributed by atoms with Crippen LogP contribution in [0.4, 0.5) is 0 Å². The second-order valence-corrected chi connectivity index (χ2v) is 11.0. The van der Waals surface area contributed by atoms with Crippen molar-refractivity contribution in [1.29, 1.82) is 0 Å². The topological polar surface area (TPSA) is 112 Å². The van der Waals surface area contributed by atoms with E-state index in [4.69, 9.17) is 0 Å². The number of aryl methyl sites for hydroxylation is 2. The van der Waals surface area contributed by atoms with Crippen molar-refractivity contribution < 1.29 is 19.5 Å². The summed E-state index contributed by atoms with van der Waals surface area (Å²) in [5.41, 5.74) is 7.97. The molecule has 1 aliphatic rings. The maximum atomic E-state index is 13.9. The fourth-order valence-electron chi connectivity index (χ4n) is 5.59. The van der Waals surface area contributed by atoms with Gasteiger partial charge < -0.3 is 15.3 Å². The number of carbonyl (C=O) groups is 3. The molecule has 1 aliphatic carbocycles. The largest absolute Gasteiger partial charge is 0.480 e. The number of benzene rings is 3. The van der Waals surface area contributed by atoms with Crippen molar-refractivity contribution in [3.8, 4) is 11.1 Å². The number of carbonyl (C=O) groups excluding carboxylic acids is 2. The number of carboxylic acids is 1. The van der Waals surface area contributed by atoms with E-state index in [9.17, 15) is 19.5 Å². The number of likely N-dealkylation sites (N-methyl/N-ethyl adjacent to an activating group) is 1. The highest BCUT2D eigenvalue weighted by Crippen LogP contribution is 2.30. The first-order chi connectivity index (χ1) is 20.7.